The average Bonchev–Trinajstić information content (AvgIpc) is 2.05. The molecule has 86 valence electrons. The maximum Gasteiger partial charge on any atom is 0.300 e. The smallest absolute Gasteiger partial charge is 0.300 e. The molecule has 6 N–H and O–H groups in total. The summed E-state index contributed by atoms with van der Waals surface area (Å²) in [5.41, 5.74) is 8.94. The van der Waals surface area contributed by atoms with Crippen molar-refractivity contribution in [2.24, 2.45) is 11.5 Å². The summed E-state index contributed by atoms with van der Waals surface area (Å²) in [4.78, 5) is 9.00. The van der Waals surface area contributed by atoms with Crippen LogP contribution in [0, 0.1) is 5.41 Å². The number of benzene rings is 1. The molecule has 1 rings (SSSR count). The van der Waals surface area contributed by atoms with Crippen molar-refractivity contribution in [1.82, 2.24) is 0 Å². The summed E-state index contributed by atoms with van der Waals surface area (Å²) < 4.78 is 0. The van der Waals surface area contributed by atoms with Crippen LogP contribution in [-0.2, 0) is 4.79 Å². The number of nitrogens with two attached hydrogens (primary N) is 2. The zero-order valence-corrected chi connectivity index (χ0v) is 9.47. The summed E-state index contributed by atoms with van der Waals surface area (Å²) in [7, 11) is 0. The highest BCUT2D eigenvalue weighted by Crippen LogP contribution is 1.79. The van der Waals surface area contributed by atoms with Crippen LogP contribution in [0.25, 0.3) is 0 Å². The third-order valence-corrected chi connectivity index (χ3v) is 0.667. The van der Waals surface area contributed by atoms with Gasteiger partial charge in [-0.3, -0.25) is 10.2 Å². The molecule has 0 fully saturated rings. The van der Waals surface area contributed by atoms with Crippen molar-refractivity contribution < 1.29 is 9.90 Å². The molecule has 0 saturated heterocycles. The molecule has 0 unspecified atom stereocenters. The van der Waals surface area contributed by atoms with Gasteiger partial charge in [0.15, 0.2) is 5.96 Å². The quantitative estimate of drug-likeness (QED) is 0.389. The number of guanidine groups is 1. The predicted octanol–water partition coefficient (Wildman–Crippen LogP) is 0.729. The summed E-state index contributed by atoms with van der Waals surface area (Å²) in [6, 6.07) is 12.0. The van der Waals surface area contributed by atoms with E-state index in [0.29, 0.717) is 0 Å². The number of hydrogen-bond acceptors (Lipinski definition) is 2. The molecule has 0 spiro atoms. The fourth-order valence-corrected chi connectivity index (χ4v) is 0.385. The van der Waals surface area contributed by atoms with E-state index in [9.17, 15) is 0 Å². The minimum atomic E-state index is -0.833. The minimum Gasteiger partial charge on any atom is -0.481 e. The summed E-state index contributed by atoms with van der Waals surface area (Å²) in [6.07, 6.45) is 0. The second kappa shape index (κ2) is 14.8. The SMILES string of the molecule is CC(=O)O.N=C(N)N.S.c1ccccc1. The number of carboxylic acid groups (broad SMARTS) is 1. The number of carboxylic acids is 1. The molecular weight excluding hydrogens is 214 g/mol. The van der Waals surface area contributed by atoms with Gasteiger partial charge in [0, 0.05) is 6.92 Å². The van der Waals surface area contributed by atoms with Crippen LogP contribution in [0.3, 0.4) is 0 Å². The van der Waals surface area contributed by atoms with Gasteiger partial charge in [-0.15, -0.1) is 0 Å². The normalized spacial score (nSPS) is 6.47. The lowest BCUT2D eigenvalue weighted by atomic mass is 10.4. The third kappa shape index (κ3) is 70.4. The highest BCUT2D eigenvalue weighted by molar-refractivity contribution is 7.59. The molecule has 1 aromatic carbocycles. The zero-order valence-electron chi connectivity index (χ0n) is 8.47. The van der Waals surface area contributed by atoms with Crippen molar-refractivity contribution in [1.29, 1.82) is 5.41 Å². The average molecular weight is 231 g/mol. The Labute approximate surface area is 96.1 Å². The predicted molar refractivity (Wildman–Crippen MR) is 66.2 cm³/mol. The molecule has 6 heteroatoms. The Kier molecular flexibility index (Phi) is 18.7. The monoisotopic (exact) mass is 231 g/mol. The first kappa shape index (κ1) is 19.0. The number of nitrogens with one attached hydrogen (secondary N) is 1. The Hall–Kier alpha value is -1.69. The second-order valence-electron chi connectivity index (χ2n) is 2.13. The molecule has 0 radical (unpaired) electrons. The fraction of sp³-hybridized carbons (Fsp3) is 0.111. The van der Waals surface area contributed by atoms with Crippen LogP contribution in [0.2, 0.25) is 0 Å². The van der Waals surface area contributed by atoms with Crippen LogP contribution < -0.4 is 11.5 Å². The van der Waals surface area contributed by atoms with Gasteiger partial charge in [0.2, 0.25) is 0 Å². The molecule has 0 heterocycles. The topological polar surface area (TPSA) is 113 Å². The van der Waals surface area contributed by atoms with E-state index < -0.39 is 5.97 Å². The molecule has 0 aliphatic carbocycles. The van der Waals surface area contributed by atoms with Crippen LogP contribution in [0.4, 0.5) is 0 Å². The van der Waals surface area contributed by atoms with Crippen molar-refractivity contribution >= 4 is 25.4 Å². The van der Waals surface area contributed by atoms with Crippen LogP contribution in [0.1, 0.15) is 6.92 Å². The highest BCUT2D eigenvalue weighted by atomic mass is 32.1. The highest BCUT2D eigenvalue weighted by Gasteiger charge is 1.65. The van der Waals surface area contributed by atoms with E-state index in [1.54, 1.807) is 0 Å². The molecule has 0 aliphatic heterocycles. The number of aliphatic carboxylic acids is 1. The zero-order chi connectivity index (χ0) is 11.4. The van der Waals surface area contributed by atoms with Crippen molar-refractivity contribution in [2.75, 3.05) is 0 Å². The first-order valence-corrected chi connectivity index (χ1v) is 3.76. The van der Waals surface area contributed by atoms with Crippen LogP contribution >= 0.6 is 13.5 Å². The van der Waals surface area contributed by atoms with E-state index in [4.69, 9.17) is 15.3 Å². The van der Waals surface area contributed by atoms with E-state index >= 15 is 0 Å². The van der Waals surface area contributed by atoms with Gasteiger partial charge in [-0.25, -0.2) is 0 Å². The van der Waals surface area contributed by atoms with Gasteiger partial charge >= 0.3 is 0 Å². The summed E-state index contributed by atoms with van der Waals surface area (Å²) in [6.45, 7) is 1.08. The first-order chi connectivity index (χ1) is 6.46. The van der Waals surface area contributed by atoms with Crippen molar-refractivity contribution in [3.63, 3.8) is 0 Å². The number of hydrogen-bond donors (Lipinski definition) is 4. The van der Waals surface area contributed by atoms with E-state index in [-0.39, 0.29) is 19.5 Å². The fourth-order valence-electron chi connectivity index (χ4n) is 0.385. The van der Waals surface area contributed by atoms with Gasteiger partial charge < -0.3 is 16.6 Å². The second-order valence-corrected chi connectivity index (χ2v) is 2.13. The summed E-state index contributed by atoms with van der Waals surface area (Å²) in [5, 5.41) is 13.5. The molecule has 5 nitrogen and oxygen atoms in total. The molecule has 0 aromatic heterocycles. The van der Waals surface area contributed by atoms with Crippen LogP contribution in [-0.4, -0.2) is 17.0 Å². The lowest BCUT2D eigenvalue weighted by molar-refractivity contribution is -0.134. The Morgan fingerprint density at radius 1 is 1.07 bits per heavy atom. The lowest BCUT2D eigenvalue weighted by Crippen LogP contribution is -2.20. The van der Waals surface area contributed by atoms with E-state index in [1.807, 2.05) is 36.4 Å². The van der Waals surface area contributed by atoms with Gasteiger partial charge in [0.25, 0.3) is 5.97 Å². The van der Waals surface area contributed by atoms with Crippen molar-refractivity contribution in [2.45, 2.75) is 6.92 Å². The Morgan fingerprint density at radius 2 is 1.13 bits per heavy atom. The largest absolute Gasteiger partial charge is 0.481 e. The number of rotatable bonds is 0. The summed E-state index contributed by atoms with van der Waals surface area (Å²) >= 11 is 0. The Morgan fingerprint density at radius 3 is 1.20 bits per heavy atom. The van der Waals surface area contributed by atoms with Gasteiger partial charge in [0.05, 0.1) is 0 Å². The summed E-state index contributed by atoms with van der Waals surface area (Å²) in [5.74, 6) is -1.17. The van der Waals surface area contributed by atoms with Crippen LogP contribution in [0.15, 0.2) is 36.4 Å². The maximum absolute atomic E-state index is 9.00. The first-order valence-electron chi connectivity index (χ1n) is 3.76. The molecule has 1 aromatic rings. The Bertz CT molecular complexity index is 208. The van der Waals surface area contributed by atoms with Gasteiger partial charge in [-0.05, 0) is 0 Å². The van der Waals surface area contributed by atoms with Crippen LogP contribution in [0.5, 0.6) is 0 Å². The molecule has 0 saturated carbocycles. The molecule has 0 atom stereocenters. The maximum atomic E-state index is 9.00. The van der Waals surface area contributed by atoms with Crippen molar-refractivity contribution in [3.05, 3.63) is 36.4 Å². The third-order valence-electron chi connectivity index (χ3n) is 0.667. The standard InChI is InChI=1S/C6H6.C2H4O2.CH5N3.H2S/c1-2-4-6-5-3-1;1-2(3)4;2-1(3)4;/h1-6H;1H3,(H,3,4);(H5,2,3,4);1H2. The van der Waals surface area contributed by atoms with E-state index in [1.165, 1.54) is 0 Å². The molecule has 0 bridgehead atoms. The lowest BCUT2D eigenvalue weighted by Gasteiger charge is -1.69. The Balaban J connectivity index is -0.000000145. The van der Waals surface area contributed by atoms with Gasteiger partial charge in [-0.1, -0.05) is 36.4 Å². The molecule has 0 amide bonds. The van der Waals surface area contributed by atoms with Gasteiger partial charge in [-0.2, -0.15) is 13.5 Å². The molecular formula is C9H17N3O2S. The minimum absolute atomic E-state index is 0. The molecule has 15 heavy (non-hydrogen) atoms. The van der Waals surface area contributed by atoms with E-state index in [0.717, 1.165) is 6.92 Å². The number of carbonyl (C=O) groups is 1. The molecule has 0 aliphatic rings. The van der Waals surface area contributed by atoms with E-state index in [2.05, 4.69) is 11.5 Å². The van der Waals surface area contributed by atoms with Gasteiger partial charge in [0.1, 0.15) is 0 Å². The van der Waals surface area contributed by atoms with Crippen molar-refractivity contribution in [3.8, 4) is 0 Å².